The average Bonchev–Trinajstić information content (AvgIpc) is 3.34. The van der Waals surface area contributed by atoms with Crippen LogP contribution in [0, 0.1) is 23.7 Å². The molecule has 8 nitrogen and oxygen atoms in total. The van der Waals surface area contributed by atoms with Crippen LogP contribution in [0.15, 0.2) is 23.8 Å². The minimum Gasteiger partial charge on any atom is -0.393 e. The number of fused-ring (bicyclic) bond motifs is 10. The average molecular weight is 362 g/mol. The van der Waals surface area contributed by atoms with Crippen molar-refractivity contribution >= 4 is 23.9 Å². The molecule has 0 aromatic heterocycles. The van der Waals surface area contributed by atoms with Crippen molar-refractivity contribution in [2.75, 3.05) is 0 Å². The van der Waals surface area contributed by atoms with E-state index in [1.165, 1.54) is 0 Å². The van der Waals surface area contributed by atoms with Gasteiger partial charge in [0.2, 0.25) is 0 Å². The third kappa shape index (κ3) is 2.09. The lowest BCUT2D eigenvalue weighted by atomic mass is 9.82. The van der Waals surface area contributed by atoms with Gasteiger partial charge in [0.05, 0.1) is 24.4 Å². The van der Waals surface area contributed by atoms with Crippen LogP contribution in [-0.2, 0) is 38.1 Å². The molecule has 6 aliphatic heterocycles. The van der Waals surface area contributed by atoms with Gasteiger partial charge in [-0.05, 0) is 12.5 Å². The molecule has 8 heteroatoms. The van der Waals surface area contributed by atoms with E-state index in [-0.39, 0.29) is 55.5 Å². The second-order valence-electron chi connectivity index (χ2n) is 6.97. The Labute approximate surface area is 149 Å². The van der Waals surface area contributed by atoms with Crippen molar-refractivity contribution in [1.29, 1.82) is 0 Å². The molecule has 0 spiro atoms. The summed E-state index contributed by atoms with van der Waals surface area (Å²) in [5.74, 6) is -3.19. The molecule has 8 unspecified atom stereocenters. The number of ether oxygens (including phenoxy) is 4. The summed E-state index contributed by atoms with van der Waals surface area (Å²) in [6.45, 7) is 1.91. The van der Waals surface area contributed by atoms with Crippen LogP contribution in [0.2, 0.25) is 0 Å². The van der Waals surface area contributed by atoms with Gasteiger partial charge in [0.1, 0.15) is 23.7 Å². The third-order valence-electron chi connectivity index (χ3n) is 5.64. The number of hydrogen-bond acceptors (Lipinski definition) is 8. The minimum absolute atomic E-state index is 0. The molecule has 8 atom stereocenters. The summed E-state index contributed by atoms with van der Waals surface area (Å²) in [4.78, 5) is 44.7. The first kappa shape index (κ1) is 17.1. The fourth-order valence-corrected chi connectivity index (χ4v) is 4.51. The second kappa shape index (κ2) is 5.59. The van der Waals surface area contributed by atoms with Gasteiger partial charge in [-0.25, -0.2) is 0 Å². The molecule has 0 amide bonds. The van der Waals surface area contributed by atoms with Gasteiger partial charge in [-0.1, -0.05) is 25.7 Å². The van der Waals surface area contributed by atoms with E-state index in [0.717, 1.165) is 5.57 Å². The number of esters is 4. The van der Waals surface area contributed by atoms with Crippen molar-refractivity contribution in [3.8, 4) is 0 Å². The smallest absolute Gasteiger partial charge is 0.320 e. The van der Waals surface area contributed by atoms with Gasteiger partial charge in [0.25, 0.3) is 0 Å². The number of cyclic esters (lactones) is 4. The first-order valence-corrected chi connectivity index (χ1v) is 8.14. The fourth-order valence-electron chi connectivity index (χ4n) is 4.51. The van der Waals surface area contributed by atoms with E-state index in [1.807, 2.05) is 25.2 Å². The second-order valence-corrected chi connectivity index (χ2v) is 6.97. The maximum atomic E-state index is 11.3. The Morgan fingerprint density at radius 3 is 1.69 bits per heavy atom. The first-order chi connectivity index (χ1) is 12.0. The molecule has 0 saturated carbocycles. The molecule has 0 aliphatic carbocycles. The van der Waals surface area contributed by atoms with E-state index < -0.39 is 23.9 Å². The highest BCUT2D eigenvalue weighted by Crippen LogP contribution is 2.47. The van der Waals surface area contributed by atoms with Crippen LogP contribution in [0.25, 0.3) is 0 Å². The highest BCUT2D eigenvalue weighted by atomic mass is 16.6. The standard InChI is InChI=1S/C9H8O4.C8H6O4.CH4/c1-3-2-4-5-6(7(3)12-4)9(11)13-8(5)10;9-7-5-3-1-2-4(11-3)6(5)8(10)12-7;/h2,4-7H,1H3;1-6H;1H4. The predicted molar refractivity (Wildman–Crippen MR) is 83.1 cm³/mol. The molecule has 138 valence electrons. The zero-order valence-corrected chi connectivity index (χ0v) is 13.1. The minimum atomic E-state index is -0.429. The molecular formula is C18H18O8. The van der Waals surface area contributed by atoms with E-state index in [1.54, 1.807) is 0 Å². The van der Waals surface area contributed by atoms with Gasteiger partial charge in [-0.3, -0.25) is 19.2 Å². The Balaban J connectivity index is 0.000000125. The Morgan fingerprint density at radius 2 is 1.15 bits per heavy atom. The molecule has 6 rings (SSSR count). The lowest BCUT2D eigenvalue weighted by Gasteiger charge is -2.13. The lowest BCUT2D eigenvalue weighted by molar-refractivity contribution is -0.158. The monoisotopic (exact) mass is 362 g/mol. The van der Waals surface area contributed by atoms with Crippen LogP contribution < -0.4 is 0 Å². The van der Waals surface area contributed by atoms with Gasteiger partial charge >= 0.3 is 23.9 Å². The topological polar surface area (TPSA) is 105 Å². The van der Waals surface area contributed by atoms with Crippen molar-refractivity contribution in [3.63, 3.8) is 0 Å². The summed E-state index contributed by atoms with van der Waals surface area (Å²) in [7, 11) is 0. The summed E-state index contributed by atoms with van der Waals surface area (Å²) in [5, 5.41) is 0. The molecule has 6 aliphatic rings. The number of hydrogen-bond donors (Lipinski definition) is 0. The molecule has 0 aromatic carbocycles. The Kier molecular flexibility index (Phi) is 3.68. The molecular weight excluding hydrogens is 344 g/mol. The molecule has 0 aromatic rings. The normalized spacial score (nSPS) is 45.5. The molecule has 4 fully saturated rings. The van der Waals surface area contributed by atoms with Crippen molar-refractivity contribution in [3.05, 3.63) is 23.8 Å². The van der Waals surface area contributed by atoms with Gasteiger partial charge in [-0.2, -0.15) is 0 Å². The van der Waals surface area contributed by atoms with Gasteiger partial charge < -0.3 is 18.9 Å². The van der Waals surface area contributed by atoms with E-state index in [4.69, 9.17) is 9.47 Å². The van der Waals surface area contributed by atoms with Crippen LogP contribution in [0.5, 0.6) is 0 Å². The van der Waals surface area contributed by atoms with Gasteiger partial charge in [0.15, 0.2) is 0 Å². The molecule has 6 heterocycles. The summed E-state index contributed by atoms with van der Waals surface area (Å²) >= 11 is 0. The fraction of sp³-hybridized carbons (Fsp3) is 0.556. The first-order valence-electron chi connectivity index (χ1n) is 8.14. The highest BCUT2D eigenvalue weighted by molar-refractivity contribution is 5.99. The van der Waals surface area contributed by atoms with E-state index >= 15 is 0 Å². The van der Waals surface area contributed by atoms with Crippen LogP contribution in [0.4, 0.5) is 0 Å². The van der Waals surface area contributed by atoms with Crippen LogP contribution in [0.1, 0.15) is 14.4 Å². The highest BCUT2D eigenvalue weighted by Gasteiger charge is 2.61. The Bertz CT molecular complexity index is 752. The molecule has 26 heavy (non-hydrogen) atoms. The van der Waals surface area contributed by atoms with Crippen LogP contribution in [0.3, 0.4) is 0 Å². The Morgan fingerprint density at radius 1 is 0.692 bits per heavy atom. The molecule has 0 N–H and O–H groups in total. The van der Waals surface area contributed by atoms with Gasteiger partial charge in [-0.15, -0.1) is 0 Å². The van der Waals surface area contributed by atoms with E-state index in [2.05, 4.69) is 9.47 Å². The molecule has 4 saturated heterocycles. The van der Waals surface area contributed by atoms with E-state index in [0.29, 0.717) is 0 Å². The summed E-state index contributed by atoms with van der Waals surface area (Å²) < 4.78 is 19.9. The van der Waals surface area contributed by atoms with Crippen molar-refractivity contribution in [2.45, 2.75) is 38.8 Å². The molecule has 0 radical (unpaired) electrons. The van der Waals surface area contributed by atoms with Gasteiger partial charge in [0, 0.05) is 0 Å². The Hall–Kier alpha value is -2.32. The number of carbonyl (C=O) groups is 4. The van der Waals surface area contributed by atoms with Crippen molar-refractivity contribution in [1.82, 2.24) is 0 Å². The maximum absolute atomic E-state index is 11.3. The van der Waals surface area contributed by atoms with E-state index in [9.17, 15) is 19.2 Å². The largest absolute Gasteiger partial charge is 0.393 e. The lowest BCUT2D eigenvalue weighted by Crippen LogP contribution is -2.28. The maximum Gasteiger partial charge on any atom is 0.320 e. The van der Waals surface area contributed by atoms with Crippen LogP contribution >= 0.6 is 0 Å². The SMILES string of the molecule is C.CC1=CC2OC1C1C(=O)OC(=O)C21.O=C1OC(=O)C2C3C=CC(O3)C12. The molecule has 4 bridgehead atoms. The summed E-state index contributed by atoms with van der Waals surface area (Å²) in [5.41, 5.74) is 1.04. The van der Waals surface area contributed by atoms with Crippen molar-refractivity contribution < 1.29 is 38.1 Å². The quantitative estimate of drug-likeness (QED) is 0.344. The summed E-state index contributed by atoms with van der Waals surface area (Å²) in [6.07, 6.45) is 4.67. The van der Waals surface area contributed by atoms with Crippen LogP contribution in [-0.4, -0.2) is 48.3 Å². The number of carbonyl (C=O) groups excluding carboxylic acids is 4. The number of rotatable bonds is 0. The third-order valence-corrected chi connectivity index (χ3v) is 5.64. The van der Waals surface area contributed by atoms with Crippen molar-refractivity contribution in [2.24, 2.45) is 23.7 Å². The predicted octanol–water partition coefficient (Wildman–Crippen LogP) is 0.305. The zero-order chi connectivity index (χ0) is 17.5. The summed E-state index contributed by atoms with van der Waals surface area (Å²) in [6, 6.07) is 0. The zero-order valence-electron chi connectivity index (χ0n) is 13.1.